The van der Waals surface area contributed by atoms with Crippen molar-refractivity contribution in [3.8, 4) is 0 Å². The Morgan fingerprint density at radius 1 is 1.20 bits per heavy atom. The number of amides is 3. The van der Waals surface area contributed by atoms with Crippen LogP contribution in [0.5, 0.6) is 0 Å². The Bertz CT molecular complexity index is 621. The number of hydrogen-bond acceptors (Lipinski definition) is 3. The van der Waals surface area contributed by atoms with Crippen LogP contribution in [0.4, 0.5) is 4.79 Å². The number of carboxylic acid groups (broad SMARTS) is 1. The van der Waals surface area contributed by atoms with Gasteiger partial charge in [-0.1, -0.05) is 23.7 Å². The van der Waals surface area contributed by atoms with Crippen LogP contribution in [0.3, 0.4) is 0 Å². The van der Waals surface area contributed by atoms with E-state index in [2.05, 4.69) is 10.6 Å². The van der Waals surface area contributed by atoms with Crippen LogP contribution in [0.1, 0.15) is 31.2 Å². The molecule has 2 rings (SSSR count). The summed E-state index contributed by atoms with van der Waals surface area (Å²) in [5.74, 6) is -0.390. The first kappa shape index (κ1) is 19.1. The van der Waals surface area contributed by atoms with Gasteiger partial charge in [-0.3, -0.25) is 14.5 Å². The molecular formula is C17H22ClN3O4. The van der Waals surface area contributed by atoms with E-state index in [1.165, 1.54) is 0 Å². The summed E-state index contributed by atoms with van der Waals surface area (Å²) in [4.78, 5) is 36.0. The number of carbonyl (C=O) groups is 3. The van der Waals surface area contributed by atoms with Crippen molar-refractivity contribution in [2.45, 2.75) is 38.3 Å². The van der Waals surface area contributed by atoms with Crippen molar-refractivity contribution in [1.82, 2.24) is 15.5 Å². The zero-order valence-corrected chi connectivity index (χ0v) is 14.6. The number of nitrogens with zero attached hydrogens (tertiary/aromatic N) is 1. The number of halogens is 1. The van der Waals surface area contributed by atoms with E-state index in [0.717, 1.165) is 10.5 Å². The highest BCUT2D eigenvalue weighted by Crippen LogP contribution is 2.17. The fourth-order valence-corrected chi connectivity index (χ4v) is 2.86. The van der Waals surface area contributed by atoms with Gasteiger partial charge in [-0.15, -0.1) is 0 Å². The van der Waals surface area contributed by atoms with Crippen LogP contribution in [-0.4, -0.2) is 47.0 Å². The Balaban J connectivity index is 1.62. The molecule has 7 nitrogen and oxygen atoms in total. The minimum atomic E-state index is -1.07. The molecule has 0 bridgehead atoms. The van der Waals surface area contributed by atoms with Crippen LogP contribution >= 0.6 is 11.6 Å². The largest absolute Gasteiger partial charge is 0.465 e. The average Bonchev–Trinajstić information content (AvgIpc) is 3.08. The zero-order valence-electron chi connectivity index (χ0n) is 13.8. The van der Waals surface area contributed by atoms with E-state index in [4.69, 9.17) is 16.7 Å². The maximum absolute atomic E-state index is 12.0. The molecule has 0 saturated carbocycles. The molecule has 3 amide bonds. The molecule has 1 fully saturated rings. The number of likely N-dealkylation sites (tertiary alicyclic amines) is 1. The highest BCUT2D eigenvalue weighted by atomic mass is 35.5. The summed E-state index contributed by atoms with van der Waals surface area (Å²) in [5.41, 5.74) is 0.959. The molecule has 0 aliphatic carbocycles. The van der Waals surface area contributed by atoms with Crippen molar-refractivity contribution >= 4 is 29.5 Å². The molecule has 0 radical (unpaired) electrons. The molecule has 1 unspecified atom stereocenters. The normalized spacial score (nSPS) is 16.5. The lowest BCUT2D eigenvalue weighted by Crippen LogP contribution is -2.45. The molecule has 3 N–H and O–H groups in total. The molecule has 1 saturated heterocycles. The molecule has 136 valence electrons. The van der Waals surface area contributed by atoms with Gasteiger partial charge in [0.05, 0.1) is 0 Å². The molecule has 1 aromatic carbocycles. The summed E-state index contributed by atoms with van der Waals surface area (Å²) in [7, 11) is 0. The number of rotatable bonds is 7. The van der Waals surface area contributed by atoms with Gasteiger partial charge >= 0.3 is 6.09 Å². The van der Waals surface area contributed by atoms with Crippen molar-refractivity contribution in [2.75, 3.05) is 13.1 Å². The van der Waals surface area contributed by atoms with E-state index in [0.29, 0.717) is 50.3 Å². The maximum atomic E-state index is 12.0. The van der Waals surface area contributed by atoms with Crippen LogP contribution in [0.25, 0.3) is 0 Å². The Kier molecular flexibility index (Phi) is 7.06. The highest BCUT2D eigenvalue weighted by molar-refractivity contribution is 6.30. The Labute approximate surface area is 151 Å². The standard InChI is InChI=1S/C17H22ClN3O4/c18-13-7-5-12(6-8-13)11-20-15(22)4-1-9-19-16(23)14-3-2-10-21(14)17(24)25/h5-8,14H,1-4,9-11H2,(H,19,23)(H,20,22)(H,24,25). The third-order valence-electron chi connectivity index (χ3n) is 4.08. The highest BCUT2D eigenvalue weighted by Gasteiger charge is 2.33. The number of benzene rings is 1. The lowest BCUT2D eigenvalue weighted by molar-refractivity contribution is -0.125. The summed E-state index contributed by atoms with van der Waals surface area (Å²) >= 11 is 5.80. The monoisotopic (exact) mass is 367 g/mol. The van der Waals surface area contributed by atoms with Gasteiger partial charge in [-0.25, -0.2) is 4.79 Å². The van der Waals surface area contributed by atoms with Gasteiger partial charge in [0.1, 0.15) is 6.04 Å². The average molecular weight is 368 g/mol. The third kappa shape index (κ3) is 5.94. The molecule has 8 heteroatoms. The van der Waals surface area contributed by atoms with Gasteiger partial charge in [-0.2, -0.15) is 0 Å². The summed E-state index contributed by atoms with van der Waals surface area (Å²) in [5, 5.41) is 15.2. The molecule has 1 aliphatic heterocycles. The summed E-state index contributed by atoms with van der Waals surface area (Å²) < 4.78 is 0. The molecule has 0 spiro atoms. The predicted molar refractivity (Wildman–Crippen MR) is 93.3 cm³/mol. The molecule has 1 heterocycles. The van der Waals surface area contributed by atoms with Crippen molar-refractivity contribution < 1.29 is 19.5 Å². The first-order chi connectivity index (χ1) is 12.0. The number of carbonyl (C=O) groups excluding carboxylic acids is 2. The number of hydrogen-bond donors (Lipinski definition) is 3. The molecular weight excluding hydrogens is 346 g/mol. The predicted octanol–water partition coefficient (Wildman–Crippen LogP) is 1.99. The van der Waals surface area contributed by atoms with Crippen molar-refractivity contribution in [1.29, 1.82) is 0 Å². The summed E-state index contributed by atoms with van der Waals surface area (Å²) in [6.07, 6.45) is 0.954. The first-order valence-electron chi connectivity index (χ1n) is 8.26. The van der Waals surface area contributed by atoms with Crippen LogP contribution in [-0.2, 0) is 16.1 Å². The Morgan fingerprint density at radius 3 is 2.60 bits per heavy atom. The van der Waals surface area contributed by atoms with Crippen molar-refractivity contribution in [3.63, 3.8) is 0 Å². The van der Waals surface area contributed by atoms with Crippen molar-refractivity contribution in [3.05, 3.63) is 34.9 Å². The molecule has 1 aliphatic rings. The van der Waals surface area contributed by atoms with Gasteiger partial charge in [0.2, 0.25) is 11.8 Å². The van der Waals surface area contributed by atoms with E-state index in [1.807, 2.05) is 12.1 Å². The topological polar surface area (TPSA) is 98.7 Å². The fourth-order valence-electron chi connectivity index (χ4n) is 2.74. The lowest BCUT2D eigenvalue weighted by Gasteiger charge is -2.20. The van der Waals surface area contributed by atoms with Gasteiger partial charge < -0.3 is 15.7 Å². The van der Waals surface area contributed by atoms with Gasteiger partial charge in [0.25, 0.3) is 0 Å². The smallest absolute Gasteiger partial charge is 0.407 e. The Morgan fingerprint density at radius 2 is 1.92 bits per heavy atom. The maximum Gasteiger partial charge on any atom is 0.407 e. The lowest BCUT2D eigenvalue weighted by atomic mass is 10.2. The minimum absolute atomic E-state index is 0.0998. The SMILES string of the molecule is O=C(CCCNC(=O)C1CCCN1C(=O)O)NCc1ccc(Cl)cc1. The second kappa shape index (κ2) is 9.27. The second-order valence-electron chi connectivity index (χ2n) is 5.93. The third-order valence-corrected chi connectivity index (χ3v) is 4.34. The van der Waals surface area contributed by atoms with Gasteiger partial charge in [-0.05, 0) is 37.0 Å². The quantitative estimate of drug-likeness (QED) is 0.642. The van der Waals surface area contributed by atoms with Crippen LogP contribution in [0.15, 0.2) is 24.3 Å². The molecule has 25 heavy (non-hydrogen) atoms. The van der Waals surface area contributed by atoms with Crippen LogP contribution < -0.4 is 10.6 Å². The summed E-state index contributed by atoms with van der Waals surface area (Å²) in [6.45, 7) is 1.16. The number of nitrogens with one attached hydrogen (secondary N) is 2. The molecule has 1 aromatic rings. The van der Waals surface area contributed by atoms with E-state index in [1.54, 1.807) is 12.1 Å². The van der Waals surface area contributed by atoms with Crippen molar-refractivity contribution in [2.24, 2.45) is 0 Å². The zero-order chi connectivity index (χ0) is 18.2. The van der Waals surface area contributed by atoms with Crippen LogP contribution in [0.2, 0.25) is 5.02 Å². The summed E-state index contributed by atoms with van der Waals surface area (Å²) in [6, 6.07) is 6.61. The molecule has 1 atom stereocenters. The van der Waals surface area contributed by atoms with E-state index < -0.39 is 12.1 Å². The van der Waals surface area contributed by atoms with Gasteiger partial charge in [0, 0.05) is 31.1 Å². The second-order valence-corrected chi connectivity index (χ2v) is 6.37. The Hall–Kier alpha value is -2.28. The fraction of sp³-hybridized carbons (Fsp3) is 0.471. The van der Waals surface area contributed by atoms with Crippen LogP contribution in [0, 0.1) is 0 Å². The van der Waals surface area contributed by atoms with E-state index in [9.17, 15) is 14.4 Å². The molecule has 0 aromatic heterocycles. The van der Waals surface area contributed by atoms with E-state index >= 15 is 0 Å². The van der Waals surface area contributed by atoms with E-state index in [-0.39, 0.29) is 11.8 Å². The first-order valence-corrected chi connectivity index (χ1v) is 8.63. The van der Waals surface area contributed by atoms with Gasteiger partial charge in [0.15, 0.2) is 0 Å². The minimum Gasteiger partial charge on any atom is -0.465 e.